The second kappa shape index (κ2) is 8.90. The van der Waals surface area contributed by atoms with Gasteiger partial charge in [0.2, 0.25) is 11.4 Å². The Morgan fingerprint density at radius 3 is 2.41 bits per heavy atom. The molecule has 1 aromatic heterocycles. The molecule has 0 radical (unpaired) electrons. The van der Waals surface area contributed by atoms with Crippen molar-refractivity contribution in [3.05, 3.63) is 59.4 Å². The van der Waals surface area contributed by atoms with Crippen molar-refractivity contribution >= 4 is 40.9 Å². The third-order valence-corrected chi connectivity index (χ3v) is 5.14. The van der Waals surface area contributed by atoms with Gasteiger partial charge in [-0.25, -0.2) is 0 Å². The van der Waals surface area contributed by atoms with Crippen LogP contribution in [0.3, 0.4) is 0 Å². The van der Waals surface area contributed by atoms with Crippen LogP contribution in [0.1, 0.15) is 11.9 Å². The van der Waals surface area contributed by atoms with E-state index in [1.165, 1.54) is 15.2 Å². The highest BCUT2D eigenvalue weighted by molar-refractivity contribution is 7.18. The number of para-hydroxylation sites is 3. The van der Waals surface area contributed by atoms with Crippen molar-refractivity contribution in [2.24, 2.45) is 7.05 Å². The van der Waals surface area contributed by atoms with Crippen LogP contribution in [-0.4, -0.2) is 14.1 Å². The van der Waals surface area contributed by atoms with Gasteiger partial charge in [0.1, 0.15) is 11.7 Å². The molecule has 4 rings (SSSR count). The molecule has 0 spiro atoms. The van der Waals surface area contributed by atoms with Crippen LogP contribution >= 0.6 is 11.3 Å². The van der Waals surface area contributed by atoms with Crippen LogP contribution < -0.4 is 18.9 Å². The Balaban J connectivity index is 0.000000479. The van der Waals surface area contributed by atoms with Crippen LogP contribution in [0.25, 0.3) is 16.3 Å². The van der Waals surface area contributed by atoms with Gasteiger partial charge in [-0.15, -0.1) is 0 Å². The fourth-order valence-corrected chi connectivity index (χ4v) is 3.92. The van der Waals surface area contributed by atoms with Gasteiger partial charge in [-0.1, -0.05) is 35.6 Å². The summed E-state index contributed by atoms with van der Waals surface area (Å²) in [4.78, 5) is 2.21. The van der Waals surface area contributed by atoms with E-state index in [4.69, 9.17) is 4.74 Å². The molecule has 142 valence electrons. The van der Waals surface area contributed by atoms with Crippen LogP contribution in [0, 0.1) is 0 Å². The zero-order chi connectivity index (χ0) is 18.7. The largest absolute Gasteiger partial charge is 1.00 e. The Labute approximate surface area is 158 Å². The maximum absolute atomic E-state index is 9.67. The molecule has 2 heterocycles. The monoisotopic (exact) mass is 396 g/mol. The third-order valence-electron chi connectivity index (χ3n) is 3.97. The van der Waals surface area contributed by atoms with Gasteiger partial charge in [0.05, 0.1) is 11.8 Å². The summed E-state index contributed by atoms with van der Waals surface area (Å²) in [5.41, 5.74) is 2.39. The molecule has 1 aliphatic heterocycles. The number of halogens is 4. The Bertz CT molecular complexity index is 945. The summed E-state index contributed by atoms with van der Waals surface area (Å²) >= 11 is 1.78. The van der Waals surface area contributed by atoms with Gasteiger partial charge in [0.25, 0.3) is 5.01 Å². The summed E-state index contributed by atoms with van der Waals surface area (Å²) in [5, 5.41) is 1.18. The zero-order valence-corrected chi connectivity index (χ0v) is 15.5. The lowest BCUT2D eigenvalue weighted by molar-refractivity contribution is -0.642. The molecular weight excluding hydrogens is 379 g/mol. The predicted molar refractivity (Wildman–Crippen MR) is 100 cm³/mol. The van der Waals surface area contributed by atoms with Crippen molar-refractivity contribution in [2.45, 2.75) is 6.92 Å². The van der Waals surface area contributed by atoms with E-state index in [1.54, 1.807) is 11.3 Å². The molecule has 0 amide bonds. The fourth-order valence-electron chi connectivity index (χ4n) is 2.84. The van der Waals surface area contributed by atoms with Gasteiger partial charge in [-0.05, 0) is 25.1 Å². The first-order valence-electron chi connectivity index (χ1n) is 8.07. The number of fused-ring (bicyclic) bond motifs is 2. The van der Waals surface area contributed by atoms with Crippen LogP contribution in [-0.2, 0) is 7.05 Å². The number of hydrogen-bond donors (Lipinski definition) is 0. The summed E-state index contributed by atoms with van der Waals surface area (Å²) < 4.78 is 38.5. The number of aryl methyl sites for hydroxylation is 1. The SMILES string of the molecule is CCN1C(=Cc2sc3ccccc3[n+]2C)Oc2ccccc21.FB(F)F.[F-]. The van der Waals surface area contributed by atoms with E-state index in [2.05, 4.69) is 59.8 Å². The molecule has 0 fully saturated rings. The Morgan fingerprint density at radius 2 is 1.74 bits per heavy atom. The first-order chi connectivity index (χ1) is 12.5. The minimum atomic E-state index is -3.67. The number of anilines is 1. The molecule has 27 heavy (non-hydrogen) atoms. The molecule has 3 aromatic rings. The average Bonchev–Trinajstić information content (AvgIpc) is 3.12. The second-order valence-corrected chi connectivity index (χ2v) is 6.57. The number of nitrogens with zero attached hydrogens (tertiary/aromatic N) is 2. The van der Waals surface area contributed by atoms with Crippen LogP contribution in [0.2, 0.25) is 0 Å². The molecule has 3 nitrogen and oxygen atoms in total. The van der Waals surface area contributed by atoms with Crippen molar-refractivity contribution in [1.29, 1.82) is 0 Å². The van der Waals surface area contributed by atoms with E-state index in [0.717, 1.165) is 23.9 Å². The smallest absolute Gasteiger partial charge is 0.762 e. The lowest BCUT2D eigenvalue weighted by Crippen LogP contribution is -3.00. The topological polar surface area (TPSA) is 16.4 Å². The molecule has 0 saturated heterocycles. The number of thiazole rings is 1. The third kappa shape index (κ3) is 4.41. The molecule has 0 saturated carbocycles. The quantitative estimate of drug-likeness (QED) is 0.374. The second-order valence-electron chi connectivity index (χ2n) is 5.51. The minimum Gasteiger partial charge on any atom is -1.00 e. The summed E-state index contributed by atoms with van der Waals surface area (Å²) in [7, 11) is -1.57. The van der Waals surface area contributed by atoms with Crippen molar-refractivity contribution in [1.82, 2.24) is 0 Å². The summed E-state index contributed by atoms with van der Waals surface area (Å²) in [6.07, 6.45) is 2.13. The average molecular weight is 396 g/mol. The molecule has 9 heteroatoms. The van der Waals surface area contributed by atoms with Gasteiger partial charge in [-0.2, -0.15) is 4.57 Å². The predicted octanol–water partition coefficient (Wildman–Crippen LogP) is 1.83. The molecule has 1 aliphatic rings. The van der Waals surface area contributed by atoms with Crippen molar-refractivity contribution in [2.75, 3.05) is 11.4 Å². The molecule has 0 unspecified atom stereocenters. The Kier molecular flexibility index (Phi) is 6.84. The highest BCUT2D eigenvalue weighted by Crippen LogP contribution is 2.39. The van der Waals surface area contributed by atoms with Crippen LogP contribution in [0.15, 0.2) is 54.4 Å². The number of ether oxygens (including phenoxy) is 1. The molecule has 0 atom stereocenters. The van der Waals surface area contributed by atoms with Gasteiger partial charge in [0.15, 0.2) is 5.75 Å². The lowest BCUT2D eigenvalue weighted by atomic mass is 10.3. The highest BCUT2D eigenvalue weighted by atomic mass is 32.1. The van der Waals surface area contributed by atoms with E-state index in [-0.39, 0.29) is 4.70 Å². The van der Waals surface area contributed by atoms with Crippen molar-refractivity contribution in [3.8, 4) is 5.75 Å². The molecule has 0 N–H and O–H groups in total. The lowest BCUT2D eigenvalue weighted by Gasteiger charge is -2.14. The summed E-state index contributed by atoms with van der Waals surface area (Å²) in [6, 6.07) is 16.6. The molecule has 0 aliphatic carbocycles. The maximum Gasteiger partial charge on any atom is 0.762 e. The van der Waals surface area contributed by atoms with Crippen molar-refractivity contribution in [3.63, 3.8) is 0 Å². The van der Waals surface area contributed by atoms with Crippen LogP contribution in [0.4, 0.5) is 18.6 Å². The number of aromatic nitrogens is 1. The standard InChI is InChI=1S/C18H17N2OS.BF3.FH/c1-3-20-13-8-4-6-10-15(13)21-17(20)12-18-19(2)14-9-5-7-11-16(14)22-18;2-1(3)4;/h4-12H,3H2,1-2H3;;1H/q+1;;/p-1. The van der Waals surface area contributed by atoms with Crippen molar-refractivity contribution < 1.29 is 27.0 Å². The summed E-state index contributed by atoms with van der Waals surface area (Å²) in [5.74, 6) is 1.82. The van der Waals surface area contributed by atoms with E-state index >= 15 is 0 Å². The van der Waals surface area contributed by atoms with Crippen LogP contribution in [0.5, 0.6) is 5.75 Å². The van der Waals surface area contributed by atoms with E-state index < -0.39 is 7.54 Å². The molecular formula is C18H17BF4N2OS. The number of benzene rings is 2. The molecule has 2 aromatic carbocycles. The number of rotatable bonds is 2. The van der Waals surface area contributed by atoms with E-state index in [0.29, 0.717) is 0 Å². The Hall–Kier alpha value is -2.55. The first kappa shape index (κ1) is 20.8. The van der Waals surface area contributed by atoms with Gasteiger partial charge in [-0.3, -0.25) is 12.9 Å². The van der Waals surface area contributed by atoms with E-state index in [1.807, 2.05) is 18.2 Å². The Morgan fingerprint density at radius 1 is 1.11 bits per heavy atom. The number of hydrogen-bond acceptors (Lipinski definition) is 3. The van der Waals surface area contributed by atoms with Gasteiger partial charge in [0, 0.05) is 12.6 Å². The van der Waals surface area contributed by atoms with Gasteiger partial charge < -0.3 is 14.3 Å². The zero-order valence-electron chi connectivity index (χ0n) is 14.7. The first-order valence-corrected chi connectivity index (χ1v) is 8.88. The molecule has 0 bridgehead atoms. The normalized spacial score (nSPS) is 13.5. The maximum atomic E-state index is 9.67. The van der Waals surface area contributed by atoms with Gasteiger partial charge >= 0.3 is 7.54 Å². The van der Waals surface area contributed by atoms with E-state index in [9.17, 15) is 12.9 Å². The highest BCUT2D eigenvalue weighted by Gasteiger charge is 2.26. The summed E-state index contributed by atoms with van der Waals surface area (Å²) in [6.45, 7) is 3.03. The fraction of sp³-hybridized carbons (Fsp3) is 0.167. The minimum absolute atomic E-state index is 0.